The van der Waals surface area contributed by atoms with Gasteiger partial charge >= 0.3 is 0 Å². The van der Waals surface area contributed by atoms with Crippen LogP contribution >= 0.6 is 0 Å². The van der Waals surface area contributed by atoms with Crippen LogP contribution in [0.25, 0.3) is 0 Å². The number of sulfone groups is 1. The maximum Gasteiger partial charge on any atom is 0.232 e. The first-order valence-corrected chi connectivity index (χ1v) is 13.7. The second-order valence-corrected chi connectivity index (χ2v) is 11.8. The summed E-state index contributed by atoms with van der Waals surface area (Å²) in [7, 11) is -6.76. The van der Waals surface area contributed by atoms with Crippen LogP contribution in [0.2, 0.25) is 0 Å². The molecule has 0 bridgehead atoms. The molecule has 0 saturated carbocycles. The molecule has 2 rings (SSSR count). The highest BCUT2D eigenvalue weighted by molar-refractivity contribution is 7.92. The number of anilines is 1. The molecule has 7 nitrogen and oxygen atoms in total. The lowest BCUT2D eigenvalue weighted by molar-refractivity contribution is -0.121. The summed E-state index contributed by atoms with van der Waals surface area (Å²) in [5.41, 5.74) is 3.23. The van der Waals surface area contributed by atoms with E-state index in [1.165, 1.54) is 16.4 Å². The number of carbonyl (C=O) groups is 1. The van der Waals surface area contributed by atoms with Gasteiger partial charge in [0.2, 0.25) is 15.9 Å². The van der Waals surface area contributed by atoms with Gasteiger partial charge in [-0.2, -0.15) is 0 Å². The quantitative estimate of drug-likeness (QED) is 0.612. The second-order valence-electron chi connectivity index (χ2n) is 7.86. The van der Waals surface area contributed by atoms with Crippen molar-refractivity contribution in [2.45, 2.75) is 44.6 Å². The van der Waals surface area contributed by atoms with E-state index in [1.54, 1.807) is 12.1 Å². The molecule has 9 heteroatoms. The zero-order valence-electron chi connectivity index (χ0n) is 18.5. The molecule has 0 saturated heterocycles. The van der Waals surface area contributed by atoms with E-state index >= 15 is 0 Å². The van der Waals surface area contributed by atoms with Gasteiger partial charge in [-0.1, -0.05) is 24.3 Å². The highest BCUT2D eigenvalue weighted by Gasteiger charge is 2.20. The van der Waals surface area contributed by atoms with E-state index in [2.05, 4.69) is 5.32 Å². The van der Waals surface area contributed by atoms with Gasteiger partial charge in [-0.05, 0) is 62.1 Å². The fraction of sp³-hybridized carbons (Fsp3) is 0.409. The molecule has 0 aliphatic heterocycles. The molecule has 0 heterocycles. The minimum atomic E-state index is -3.48. The van der Waals surface area contributed by atoms with Crippen LogP contribution in [0, 0.1) is 13.8 Å². The topological polar surface area (TPSA) is 101 Å². The molecule has 1 atom stereocenters. The Labute approximate surface area is 185 Å². The lowest BCUT2D eigenvalue weighted by Crippen LogP contribution is -2.33. The number of hydrogen-bond donors (Lipinski definition) is 1. The molecule has 0 aromatic heterocycles. The SMILES string of the molecule is Cc1ccc(C)c(N(CCCC(=O)N[C@H](C)c2ccc(S(C)(=O)=O)cc2)S(C)(=O)=O)c1. The third-order valence-electron chi connectivity index (χ3n) is 4.98. The maximum absolute atomic E-state index is 12.4. The summed E-state index contributed by atoms with van der Waals surface area (Å²) in [5.74, 6) is -0.200. The summed E-state index contributed by atoms with van der Waals surface area (Å²) in [6.45, 7) is 5.78. The molecule has 1 amide bonds. The number of amides is 1. The highest BCUT2D eigenvalue weighted by Crippen LogP contribution is 2.24. The van der Waals surface area contributed by atoms with Crippen LogP contribution in [0.3, 0.4) is 0 Å². The maximum atomic E-state index is 12.4. The number of sulfonamides is 1. The van der Waals surface area contributed by atoms with Crippen molar-refractivity contribution in [2.24, 2.45) is 0 Å². The molecule has 0 unspecified atom stereocenters. The zero-order valence-corrected chi connectivity index (χ0v) is 20.2. The number of nitrogens with one attached hydrogen (secondary N) is 1. The predicted octanol–water partition coefficient (Wildman–Crippen LogP) is 3.13. The predicted molar refractivity (Wildman–Crippen MR) is 123 cm³/mol. The van der Waals surface area contributed by atoms with E-state index < -0.39 is 19.9 Å². The number of carbonyl (C=O) groups excluding carboxylic acids is 1. The van der Waals surface area contributed by atoms with Gasteiger partial charge in [-0.25, -0.2) is 16.8 Å². The summed E-state index contributed by atoms with van der Waals surface area (Å²) in [4.78, 5) is 12.6. The van der Waals surface area contributed by atoms with E-state index in [1.807, 2.05) is 39.0 Å². The van der Waals surface area contributed by atoms with Crippen molar-refractivity contribution in [3.8, 4) is 0 Å². The Morgan fingerprint density at radius 1 is 1.00 bits per heavy atom. The molecule has 170 valence electrons. The number of aryl methyl sites for hydroxylation is 2. The monoisotopic (exact) mass is 466 g/mol. The van der Waals surface area contributed by atoms with Crippen molar-refractivity contribution in [1.82, 2.24) is 5.32 Å². The van der Waals surface area contributed by atoms with E-state index in [0.29, 0.717) is 12.1 Å². The Morgan fingerprint density at radius 2 is 1.61 bits per heavy atom. The molecule has 2 aromatic carbocycles. The van der Waals surface area contributed by atoms with Crippen molar-refractivity contribution in [2.75, 3.05) is 23.4 Å². The van der Waals surface area contributed by atoms with Crippen LogP contribution in [0.1, 0.15) is 42.5 Å². The summed E-state index contributed by atoms with van der Waals surface area (Å²) >= 11 is 0. The minimum absolute atomic E-state index is 0.169. The van der Waals surface area contributed by atoms with Crippen molar-refractivity contribution in [1.29, 1.82) is 0 Å². The Morgan fingerprint density at radius 3 is 2.16 bits per heavy atom. The molecule has 2 aromatic rings. The third-order valence-corrected chi connectivity index (χ3v) is 7.29. The Balaban J connectivity index is 1.98. The van der Waals surface area contributed by atoms with Gasteiger partial charge in [0.05, 0.1) is 22.9 Å². The van der Waals surface area contributed by atoms with Gasteiger partial charge < -0.3 is 5.32 Å². The van der Waals surface area contributed by atoms with Gasteiger partial charge in [0.25, 0.3) is 0 Å². The number of benzene rings is 2. The zero-order chi connectivity index (χ0) is 23.4. The highest BCUT2D eigenvalue weighted by atomic mass is 32.2. The van der Waals surface area contributed by atoms with Crippen molar-refractivity contribution in [3.63, 3.8) is 0 Å². The first kappa shape index (κ1) is 24.9. The first-order valence-electron chi connectivity index (χ1n) is 9.93. The van der Waals surface area contributed by atoms with Gasteiger partial charge in [-0.3, -0.25) is 9.10 Å². The van der Waals surface area contributed by atoms with Gasteiger partial charge in [-0.15, -0.1) is 0 Å². The molecule has 0 radical (unpaired) electrons. The molecular formula is C22H30N2O5S2. The lowest BCUT2D eigenvalue weighted by atomic mass is 10.1. The molecule has 0 fully saturated rings. The standard InChI is InChI=1S/C22H30N2O5S2/c1-16-8-9-17(2)21(15-16)24(31(5,28)29)14-6-7-22(25)23-18(3)19-10-12-20(13-11-19)30(4,26)27/h8-13,15,18H,6-7,14H2,1-5H3,(H,23,25)/t18-/m1/s1. The van der Waals surface area contributed by atoms with Crippen molar-refractivity contribution < 1.29 is 21.6 Å². The molecule has 0 spiro atoms. The van der Waals surface area contributed by atoms with Crippen molar-refractivity contribution >= 4 is 31.5 Å². The summed E-state index contributed by atoms with van der Waals surface area (Å²) in [5, 5.41) is 2.87. The van der Waals surface area contributed by atoms with Crippen LogP contribution in [-0.2, 0) is 24.7 Å². The van der Waals surface area contributed by atoms with E-state index in [0.717, 1.165) is 29.2 Å². The number of nitrogens with zero attached hydrogens (tertiary/aromatic N) is 1. The lowest BCUT2D eigenvalue weighted by Gasteiger charge is -2.24. The Bertz CT molecular complexity index is 1140. The molecule has 0 aliphatic rings. The molecule has 31 heavy (non-hydrogen) atoms. The van der Waals surface area contributed by atoms with Crippen LogP contribution in [0.15, 0.2) is 47.4 Å². The fourth-order valence-corrected chi connectivity index (χ4v) is 4.88. The minimum Gasteiger partial charge on any atom is -0.350 e. The number of hydrogen-bond acceptors (Lipinski definition) is 5. The fourth-order valence-electron chi connectivity index (χ4n) is 3.24. The smallest absolute Gasteiger partial charge is 0.232 e. The van der Waals surface area contributed by atoms with Crippen LogP contribution < -0.4 is 9.62 Å². The van der Waals surface area contributed by atoms with E-state index in [9.17, 15) is 21.6 Å². The summed E-state index contributed by atoms with van der Waals surface area (Å²) in [6, 6.07) is 11.7. The van der Waals surface area contributed by atoms with Crippen LogP contribution in [0.5, 0.6) is 0 Å². The molecule has 0 aliphatic carbocycles. The Kier molecular flexibility index (Phi) is 7.88. The molecule has 1 N–H and O–H groups in total. The van der Waals surface area contributed by atoms with Gasteiger partial charge in [0.1, 0.15) is 0 Å². The first-order chi connectivity index (χ1) is 14.3. The summed E-state index contributed by atoms with van der Waals surface area (Å²) in [6.07, 6.45) is 2.84. The van der Waals surface area contributed by atoms with Crippen LogP contribution in [0.4, 0.5) is 5.69 Å². The average Bonchev–Trinajstić information content (AvgIpc) is 2.66. The Hall–Kier alpha value is -2.39. The van der Waals surface area contributed by atoms with Crippen molar-refractivity contribution in [3.05, 3.63) is 59.2 Å². The van der Waals surface area contributed by atoms with Gasteiger partial charge in [0.15, 0.2) is 9.84 Å². The van der Waals surface area contributed by atoms with E-state index in [4.69, 9.17) is 0 Å². The average molecular weight is 467 g/mol. The normalized spacial score (nSPS) is 12.9. The molecular weight excluding hydrogens is 436 g/mol. The van der Waals surface area contributed by atoms with Crippen LogP contribution in [-0.4, -0.2) is 41.8 Å². The third kappa shape index (κ3) is 7.07. The van der Waals surface area contributed by atoms with E-state index in [-0.39, 0.29) is 29.8 Å². The van der Waals surface area contributed by atoms with Gasteiger partial charge in [0, 0.05) is 19.2 Å². The second kappa shape index (κ2) is 9.82. The largest absolute Gasteiger partial charge is 0.350 e. The number of rotatable bonds is 9. The summed E-state index contributed by atoms with van der Waals surface area (Å²) < 4.78 is 49.1.